The average molecular weight is 626 g/mol. The topological polar surface area (TPSA) is 8.17 Å². The van der Waals surface area contributed by atoms with Crippen LogP contribution in [0.25, 0.3) is 44.2 Å². The van der Waals surface area contributed by atoms with E-state index in [9.17, 15) is 0 Å². The largest absolute Gasteiger partial charge is 0.310 e. The summed E-state index contributed by atoms with van der Waals surface area (Å²) >= 11 is 1.72. The molecule has 2 heterocycles. The summed E-state index contributed by atoms with van der Waals surface area (Å²) in [7, 11) is 0. The van der Waals surface area contributed by atoms with Crippen LogP contribution >= 0.6 is 11.3 Å². The average Bonchev–Trinajstić information content (AvgIpc) is 3.81. The summed E-state index contributed by atoms with van der Waals surface area (Å²) in [5, 5.41) is 2.29. The predicted molar refractivity (Wildman–Crippen MR) is 200 cm³/mol. The molecule has 7 aromatic rings. The van der Waals surface area contributed by atoms with E-state index >= 15 is 0 Å². The zero-order chi connectivity index (χ0) is 35.5. The van der Waals surface area contributed by atoms with Crippen molar-refractivity contribution in [2.75, 3.05) is 4.90 Å². The van der Waals surface area contributed by atoms with E-state index in [-0.39, 0.29) is 35.7 Å². The normalized spacial score (nSPS) is 17.7. The Morgan fingerprint density at radius 3 is 2.17 bits per heavy atom. The number of nitrogens with zero attached hydrogens (tertiary/aromatic N) is 2. The fourth-order valence-electron chi connectivity index (χ4n) is 6.91. The SMILES string of the molecule is [2H]c1c([2H])c([2H])c(-c2ccc(N(c3ccccc3)c3ccc(-c4ccc5c(c4)c4c(n5-c5ccccc5)C=CC5C=CC=CC45)s3)cc2)c([2H])c1[2H]. The number of anilines is 3. The summed E-state index contributed by atoms with van der Waals surface area (Å²) in [6.45, 7) is 0. The Morgan fingerprint density at radius 2 is 1.36 bits per heavy atom. The first kappa shape index (κ1) is 22.8. The first-order valence-electron chi connectivity index (χ1n) is 18.3. The minimum Gasteiger partial charge on any atom is -0.310 e. The van der Waals surface area contributed by atoms with Gasteiger partial charge in [-0.2, -0.15) is 0 Å². The summed E-state index contributed by atoms with van der Waals surface area (Å²) in [6, 6.07) is 38.0. The number of rotatable bonds is 6. The molecule has 47 heavy (non-hydrogen) atoms. The van der Waals surface area contributed by atoms with Crippen LogP contribution in [0, 0.1) is 5.92 Å². The third-order valence-corrected chi connectivity index (χ3v) is 10.2. The monoisotopic (exact) mass is 625 g/mol. The lowest BCUT2D eigenvalue weighted by atomic mass is 9.78. The first-order chi connectivity index (χ1) is 25.4. The van der Waals surface area contributed by atoms with Crippen molar-refractivity contribution in [3.8, 4) is 27.3 Å². The number of fused-ring (bicyclic) bond motifs is 5. The second-order valence-corrected chi connectivity index (χ2v) is 12.9. The fraction of sp³-hybridized carbons (Fsp3) is 0.0455. The van der Waals surface area contributed by atoms with Gasteiger partial charge in [0.05, 0.1) is 18.1 Å². The minimum atomic E-state index is -0.393. The van der Waals surface area contributed by atoms with E-state index in [1.807, 2.05) is 42.5 Å². The van der Waals surface area contributed by atoms with Crippen LogP contribution in [0.5, 0.6) is 0 Å². The van der Waals surface area contributed by atoms with Crippen LogP contribution in [-0.2, 0) is 0 Å². The molecule has 2 nitrogen and oxygen atoms in total. The van der Waals surface area contributed by atoms with Gasteiger partial charge in [-0.1, -0.05) is 115 Å². The van der Waals surface area contributed by atoms with Gasteiger partial charge in [0.15, 0.2) is 0 Å². The van der Waals surface area contributed by atoms with Crippen LogP contribution in [0.3, 0.4) is 0 Å². The molecule has 0 aliphatic heterocycles. The van der Waals surface area contributed by atoms with Gasteiger partial charge in [0.2, 0.25) is 0 Å². The van der Waals surface area contributed by atoms with Gasteiger partial charge in [-0.15, -0.1) is 11.3 Å². The summed E-state index contributed by atoms with van der Waals surface area (Å²) in [4.78, 5) is 3.34. The zero-order valence-corrected chi connectivity index (χ0v) is 26.2. The minimum absolute atomic E-state index is 0.197. The number of aromatic nitrogens is 1. The van der Waals surface area contributed by atoms with Crippen molar-refractivity contribution in [2.24, 2.45) is 5.92 Å². The fourth-order valence-corrected chi connectivity index (χ4v) is 7.96. The highest BCUT2D eigenvalue weighted by Crippen LogP contribution is 2.47. The molecule has 5 aromatic carbocycles. The molecule has 9 rings (SSSR count). The van der Waals surface area contributed by atoms with E-state index in [4.69, 9.17) is 6.85 Å². The maximum atomic E-state index is 8.46. The molecule has 0 radical (unpaired) electrons. The van der Waals surface area contributed by atoms with Gasteiger partial charge in [0, 0.05) is 39.2 Å². The molecule has 0 saturated heterocycles. The Kier molecular flexibility index (Phi) is 5.64. The Labute approximate surface area is 286 Å². The Hall–Kier alpha value is -5.64. The number of benzene rings is 5. The summed E-state index contributed by atoms with van der Waals surface area (Å²) in [5.74, 6) is 0.598. The van der Waals surface area contributed by atoms with Gasteiger partial charge >= 0.3 is 0 Å². The molecular weight excluding hydrogens is 589 g/mol. The van der Waals surface area contributed by atoms with Crippen LogP contribution in [0.15, 0.2) is 176 Å². The Balaban J connectivity index is 1.13. The lowest BCUT2D eigenvalue weighted by Gasteiger charge is -2.26. The van der Waals surface area contributed by atoms with Gasteiger partial charge in [-0.3, -0.25) is 0 Å². The molecule has 0 spiro atoms. The highest BCUT2D eigenvalue weighted by Gasteiger charge is 2.30. The molecule has 2 atom stereocenters. The zero-order valence-electron chi connectivity index (χ0n) is 30.4. The third-order valence-electron chi connectivity index (χ3n) is 9.07. The molecule has 0 bridgehead atoms. The third kappa shape index (κ3) is 4.88. The number of hydrogen-bond donors (Lipinski definition) is 0. The Bertz CT molecular complexity index is 2550. The van der Waals surface area contributed by atoms with E-state index in [0.717, 1.165) is 32.5 Å². The molecule has 224 valence electrons. The molecule has 3 heteroatoms. The van der Waals surface area contributed by atoms with E-state index < -0.39 is 6.04 Å². The van der Waals surface area contributed by atoms with Crippen molar-refractivity contribution in [3.63, 3.8) is 0 Å². The van der Waals surface area contributed by atoms with Crippen LogP contribution in [0.4, 0.5) is 16.4 Å². The van der Waals surface area contributed by atoms with Crippen molar-refractivity contribution < 1.29 is 6.85 Å². The van der Waals surface area contributed by atoms with Crippen molar-refractivity contribution in [1.82, 2.24) is 4.57 Å². The van der Waals surface area contributed by atoms with Crippen molar-refractivity contribution in [1.29, 1.82) is 0 Å². The van der Waals surface area contributed by atoms with Gasteiger partial charge in [-0.25, -0.2) is 0 Å². The lowest BCUT2D eigenvalue weighted by molar-refractivity contribution is 0.693. The smallest absolute Gasteiger partial charge is 0.101 e. The van der Waals surface area contributed by atoms with Crippen LogP contribution in [0.2, 0.25) is 0 Å². The molecule has 2 aromatic heterocycles. The maximum Gasteiger partial charge on any atom is 0.101 e. The van der Waals surface area contributed by atoms with Gasteiger partial charge in [0.1, 0.15) is 5.00 Å². The van der Waals surface area contributed by atoms with Crippen LogP contribution < -0.4 is 4.90 Å². The van der Waals surface area contributed by atoms with Gasteiger partial charge < -0.3 is 9.47 Å². The quantitative estimate of drug-likeness (QED) is 0.178. The van der Waals surface area contributed by atoms with E-state index in [2.05, 4.69) is 119 Å². The number of hydrogen-bond acceptors (Lipinski definition) is 2. The van der Waals surface area contributed by atoms with Crippen molar-refractivity contribution in [3.05, 3.63) is 187 Å². The first-order valence-corrected chi connectivity index (χ1v) is 16.6. The summed E-state index contributed by atoms with van der Waals surface area (Å²) in [5.41, 5.74) is 8.74. The lowest BCUT2D eigenvalue weighted by Crippen LogP contribution is -2.13. The predicted octanol–water partition coefficient (Wildman–Crippen LogP) is 12.3. The number of allylic oxidation sites excluding steroid dienone is 5. The van der Waals surface area contributed by atoms with Gasteiger partial charge in [-0.05, 0) is 89.0 Å². The summed E-state index contributed by atoms with van der Waals surface area (Å²) in [6.07, 6.45) is 13.6. The molecule has 0 amide bonds. The van der Waals surface area contributed by atoms with E-state index in [1.54, 1.807) is 11.3 Å². The molecule has 0 saturated carbocycles. The highest BCUT2D eigenvalue weighted by atomic mass is 32.1. The van der Waals surface area contributed by atoms with Crippen molar-refractivity contribution in [2.45, 2.75) is 5.92 Å². The number of para-hydroxylation sites is 2. The van der Waals surface area contributed by atoms with Gasteiger partial charge in [0.25, 0.3) is 0 Å². The second-order valence-electron chi connectivity index (χ2n) is 11.8. The highest BCUT2D eigenvalue weighted by molar-refractivity contribution is 7.19. The van der Waals surface area contributed by atoms with E-state index in [0.29, 0.717) is 11.5 Å². The Morgan fingerprint density at radius 1 is 0.638 bits per heavy atom. The molecule has 2 aliphatic carbocycles. The standard InChI is InChI=1S/C44H32N2S/c1-4-12-31(13-5-1)32-20-24-37(25-21-32)45(35-15-6-2-7-16-35)43-29-28-42(47-43)34-23-26-40-39(30-34)44-38-19-11-10-14-33(38)22-27-41(44)46(40)36-17-8-3-9-18-36/h1-30,33,38H/i1D,4D,5D,12D,13D. The molecule has 2 aliphatic rings. The molecule has 0 fully saturated rings. The molecule has 2 unspecified atom stereocenters. The molecular formula is C44H32N2S. The second kappa shape index (κ2) is 11.6. The number of thiophene rings is 1. The summed E-state index contributed by atoms with van der Waals surface area (Å²) < 4.78 is 43.6. The van der Waals surface area contributed by atoms with Crippen LogP contribution in [-0.4, -0.2) is 4.57 Å². The van der Waals surface area contributed by atoms with Crippen LogP contribution in [0.1, 0.15) is 24.0 Å². The maximum absolute atomic E-state index is 8.46. The van der Waals surface area contributed by atoms with E-state index in [1.165, 1.54) is 22.2 Å². The molecule has 0 N–H and O–H groups in total. The van der Waals surface area contributed by atoms with Crippen molar-refractivity contribution >= 4 is 44.7 Å².